The van der Waals surface area contributed by atoms with Crippen LogP contribution in [0.3, 0.4) is 0 Å². The molecule has 4 fully saturated rings. The molecule has 0 aromatic rings. The van der Waals surface area contributed by atoms with Gasteiger partial charge in [-0.3, -0.25) is 0 Å². The molecule has 0 spiro atoms. The van der Waals surface area contributed by atoms with Gasteiger partial charge in [0.15, 0.2) is 0 Å². The molecule has 0 radical (unpaired) electrons. The summed E-state index contributed by atoms with van der Waals surface area (Å²) in [6, 6.07) is 0. The Bertz CT molecular complexity index is 1010. The van der Waals surface area contributed by atoms with Crippen LogP contribution in [-0.2, 0) is 0 Å². The monoisotopic (exact) mass is 624 g/mol. The van der Waals surface area contributed by atoms with Gasteiger partial charge in [-0.05, 0) is 0 Å². The van der Waals surface area contributed by atoms with Gasteiger partial charge in [-0.1, -0.05) is 0 Å². The van der Waals surface area contributed by atoms with Crippen LogP contribution in [0.25, 0.3) is 0 Å². The molecule has 0 nitrogen and oxygen atoms in total. The first-order valence-electron chi connectivity index (χ1n) is 8.54. The third-order valence-electron chi connectivity index (χ3n) is 7.01. The molecule has 24 heteroatoms. The summed E-state index contributed by atoms with van der Waals surface area (Å²) in [6.07, 6.45) is -17.6. The lowest BCUT2D eigenvalue weighted by molar-refractivity contribution is -0.639. The van der Waals surface area contributed by atoms with Crippen LogP contribution in [0.1, 0.15) is 0 Å². The fourth-order valence-electron chi connectivity index (χ4n) is 5.40. The van der Waals surface area contributed by atoms with Crippen LogP contribution in [-0.4, -0.2) is 76.5 Å². The molecule has 0 N–H and O–H groups in total. The van der Waals surface area contributed by atoms with E-state index in [9.17, 15) is 96.6 Å². The zero-order valence-electron chi connectivity index (χ0n) is 16.1. The van der Waals surface area contributed by atoms with E-state index in [4.69, 9.17) is 0 Å². The Labute approximate surface area is 188 Å². The predicted molar refractivity (Wildman–Crippen MR) is 64.5 cm³/mol. The summed E-state index contributed by atoms with van der Waals surface area (Å²) in [7, 11) is 0. The molecule has 0 aromatic heterocycles. The summed E-state index contributed by atoms with van der Waals surface area (Å²) in [5.41, 5.74) is -47.2. The van der Waals surface area contributed by atoms with Crippen molar-refractivity contribution >= 4 is 0 Å². The van der Waals surface area contributed by atoms with E-state index >= 15 is 8.78 Å². The number of hydrogen-bond donors (Lipinski definition) is 0. The second-order valence-electron chi connectivity index (χ2n) is 8.40. The molecule has 0 amide bonds. The van der Waals surface area contributed by atoms with Gasteiger partial charge in [-0.15, -0.1) is 0 Å². The maximum atomic E-state index is 15.5. The maximum Gasteiger partial charge on any atom is 0.456 e. The van der Waals surface area contributed by atoms with Crippen molar-refractivity contribution < 1.29 is 105 Å². The quantitative estimate of drug-likeness (QED) is 0.281. The van der Waals surface area contributed by atoms with Gasteiger partial charge in [0.05, 0.1) is 0 Å². The third kappa shape index (κ3) is 1.88. The summed E-state index contributed by atoms with van der Waals surface area (Å²) in [4.78, 5) is 0. The van der Waals surface area contributed by atoms with E-state index in [2.05, 4.69) is 0 Å². The minimum Gasteiger partial charge on any atom is -0.231 e. The van der Waals surface area contributed by atoms with Crippen LogP contribution in [0.4, 0.5) is 105 Å². The van der Waals surface area contributed by atoms with Gasteiger partial charge in [0.25, 0.3) is 11.3 Å². The highest BCUT2D eigenvalue weighted by molar-refractivity contribution is 5.57. The summed E-state index contributed by atoms with van der Waals surface area (Å²) in [5.74, 6) is -65.0. The van der Waals surface area contributed by atoms with Crippen molar-refractivity contribution in [3.8, 4) is 0 Å². The molecular formula is C14F24. The van der Waals surface area contributed by atoms with E-state index in [0.717, 1.165) is 0 Å². The van der Waals surface area contributed by atoms with Crippen molar-refractivity contribution in [1.29, 1.82) is 0 Å². The van der Waals surface area contributed by atoms with E-state index < -0.39 is 81.9 Å². The number of hydrogen-bond acceptors (Lipinski definition) is 0. The van der Waals surface area contributed by atoms with Gasteiger partial charge < -0.3 is 0 Å². The lowest BCUT2D eigenvalue weighted by atomic mass is 9.31. The van der Waals surface area contributed by atoms with Crippen molar-refractivity contribution in [3.63, 3.8) is 0 Å². The molecule has 0 saturated heterocycles. The highest BCUT2D eigenvalue weighted by atomic mass is 19.4. The molecule has 38 heavy (non-hydrogen) atoms. The average Bonchev–Trinajstić information content (AvgIpc) is 2.65. The van der Waals surface area contributed by atoms with Crippen molar-refractivity contribution in [3.05, 3.63) is 0 Å². The molecule has 0 aromatic carbocycles. The average molecular weight is 624 g/mol. The Kier molecular flexibility index (Phi) is 4.98. The lowest BCUT2D eigenvalue weighted by Gasteiger charge is -2.78. The first kappa shape index (κ1) is 30.9. The molecule has 4 bridgehead atoms. The molecular weight excluding hydrogens is 624 g/mol. The molecule has 3 unspecified atom stereocenters. The highest BCUT2D eigenvalue weighted by Gasteiger charge is 3.27. The highest BCUT2D eigenvalue weighted by Crippen LogP contribution is 2.94. The molecule has 4 aliphatic rings. The molecule has 3 atom stereocenters. The van der Waals surface area contributed by atoms with Gasteiger partial charge >= 0.3 is 65.1 Å². The standard InChI is InChI=1S/C14F24/c15-2(12(31,32)14(36,37)38)1(8(23,24)13(33,34)35)6(19,20)4(17)9(25,26)3(2,16)10(27,28)5(18,7(1,21)22)11(4,29)30. The Balaban J connectivity index is 2.97. The first-order valence-corrected chi connectivity index (χ1v) is 8.54. The Hall–Kier alpha value is -1.68. The zero-order chi connectivity index (χ0) is 31.0. The van der Waals surface area contributed by atoms with Gasteiger partial charge in [0.1, 0.15) is 0 Å². The summed E-state index contributed by atoms with van der Waals surface area (Å²) >= 11 is 0. The third-order valence-corrected chi connectivity index (χ3v) is 7.01. The van der Waals surface area contributed by atoms with Crippen LogP contribution in [0.2, 0.25) is 0 Å². The lowest BCUT2D eigenvalue weighted by Crippen LogP contribution is -3.11. The van der Waals surface area contributed by atoms with Gasteiger partial charge in [-0.25, -0.2) is 35.1 Å². The second kappa shape index (κ2) is 6.14. The SMILES string of the molecule is FC(F)(F)C(F)(F)C1(F)C2(F)C(F)(F)C3(F)C(F)(F)C(F)(C2(F)F)C(F)(F)C1(C(F)(F)C(F)(F)F)C3(F)F. The van der Waals surface area contributed by atoms with Crippen LogP contribution < -0.4 is 0 Å². The molecule has 0 aliphatic heterocycles. The molecule has 4 rings (SSSR count). The van der Waals surface area contributed by atoms with E-state index in [1.165, 1.54) is 0 Å². The number of alkyl halides is 24. The van der Waals surface area contributed by atoms with Crippen molar-refractivity contribution in [1.82, 2.24) is 0 Å². The fourth-order valence-corrected chi connectivity index (χ4v) is 5.40. The largest absolute Gasteiger partial charge is 0.456 e. The van der Waals surface area contributed by atoms with Crippen LogP contribution in [0.5, 0.6) is 0 Å². The smallest absolute Gasteiger partial charge is 0.231 e. The minimum absolute atomic E-state index is 8.78. The normalized spacial score (nSPS) is 44.8. The second-order valence-corrected chi connectivity index (χ2v) is 8.40. The summed E-state index contributed by atoms with van der Waals surface area (Å²) < 4.78 is 339. The van der Waals surface area contributed by atoms with E-state index in [0.29, 0.717) is 0 Å². The van der Waals surface area contributed by atoms with Crippen LogP contribution >= 0.6 is 0 Å². The Morgan fingerprint density at radius 3 is 0.763 bits per heavy atom. The van der Waals surface area contributed by atoms with E-state index in [-0.39, 0.29) is 0 Å². The molecule has 4 saturated carbocycles. The van der Waals surface area contributed by atoms with Gasteiger partial charge in [0.2, 0.25) is 5.41 Å². The fraction of sp³-hybridized carbons (Fsp3) is 1.00. The molecule has 224 valence electrons. The minimum atomic E-state index is -9.90. The van der Waals surface area contributed by atoms with E-state index in [1.54, 1.807) is 0 Å². The Morgan fingerprint density at radius 2 is 0.526 bits per heavy atom. The molecule has 4 aliphatic carbocycles. The maximum absolute atomic E-state index is 15.5. The Morgan fingerprint density at radius 1 is 0.289 bits per heavy atom. The van der Waals surface area contributed by atoms with Crippen LogP contribution in [0, 0.1) is 5.41 Å². The first-order chi connectivity index (χ1) is 16.0. The topological polar surface area (TPSA) is 0 Å². The zero-order valence-corrected chi connectivity index (χ0v) is 16.1. The van der Waals surface area contributed by atoms with Gasteiger partial charge in [0, 0.05) is 0 Å². The molecule has 0 heterocycles. The van der Waals surface area contributed by atoms with E-state index in [1.807, 2.05) is 0 Å². The van der Waals surface area contributed by atoms with Gasteiger partial charge in [-0.2, -0.15) is 70.2 Å². The van der Waals surface area contributed by atoms with Crippen molar-refractivity contribution in [2.75, 3.05) is 0 Å². The predicted octanol–water partition coefficient (Wildman–Crippen LogP) is 7.42. The van der Waals surface area contributed by atoms with Crippen molar-refractivity contribution in [2.45, 2.75) is 76.5 Å². The van der Waals surface area contributed by atoms with Crippen LogP contribution in [0.15, 0.2) is 0 Å². The number of rotatable bonds is 2. The number of halogens is 24. The van der Waals surface area contributed by atoms with Crippen molar-refractivity contribution in [2.24, 2.45) is 5.41 Å². The summed E-state index contributed by atoms with van der Waals surface area (Å²) in [5, 5.41) is 0. The summed E-state index contributed by atoms with van der Waals surface area (Å²) in [6.45, 7) is 0.